The largest absolute Gasteiger partial charge is 0.368 e. The van der Waals surface area contributed by atoms with E-state index in [0.29, 0.717) is 18.7 Å². The van der Waals surface area contributed by atoms with Crippen LogP contribution >= 0.6 is 0 Å². The Bertz CT molecular complexity index is 450. The van der Waals surface area contributed by atoms with E-state index in [-0.39, 0.29) is 17.9 Å². The monoisotopic (exact) mass is 262 g/mol. The van der Waals surface area contributed by atoms with Crippen LogP contribution in [0.3, 0.4) is 0 Å². The number of benzene rings is 1. The Balaban J connectivity index is 1.85. The van der Waals surface area contributed by atoms with E-state index < -0.39 is 0 Å². The molecule has 1 unspecified atom stereocenters. The highest BCUT2D eigenvalue weighted by Crippen LogP contribution is 2.12. The Labute approximate surface area is 112 Å². The lowest BCUT2D eigenvalue weighted by molar-refractivity contribution is -0.130. The molecule has 1 saturated heterocycles. The molecule has 1 aliphatic heterocycles. The van der Waals surface area contributed by atoms with Crippen LogP contribution in [0.4, 0.5) is 0 Å². The van der Waals surface area contributed by atoms with Crippen molar-refractivity contribution in [3.8, 4) is 0 Å². The molecule has 1 aromatic carbocycles. The molecule has 1 fully saturated rings. The van der Waals surface area contributed by atoms with E-state index in [0.717, 1.165) is 18.4 Å². The maximum absolute atomic E-state index is 11.7. The summed E-state index contributed by atoms with van der Waals surface area (Å²) in [6.07, 6.45) is 1.44. The van der Waals surface area contributed by atoms with E-state index in [9.17, 15) is 9.59 Å². The Morgan fingerprint density at radius 1 is 1.32 bits per heavy atom. The topological polar surface area (TPSA) is 67.4 Å². The molecule has 0 saturated carbocycles. The van der Waals surface area contributed by atoms with Gasteiger partial charge in [0.25, 0.3) is 5.91 Å². The SMILES string of the molecule is CNC(=O)c1ccc(CNC(=O)C2CCCO2)cc1. The van der Waals surface area contributed by atoms with Gasteiger partial charge < -0.3 is 15.4 Å². The van der Waals surface area contributed by atoms with Crippen LogP contribution in [0.1, 0.15) is 28.8 Å². The Hall–Kier alpha value is -1.88. The van der Waals surface area contributed by atoms with Gasteiger partial charge in [0.05, 0.1) is 0 Å². The average Bonchev–Trinajstić information content (AvgIpc) is 2.98. The molecule has 5 heteroatoms. The highest BCUT2D eigenvalue weighted by Gasteiger charge is 2.22. The van der Waals surface area contributed by atoms with Crippen LogP contribution in [0.5, 0.6) is 0 Å². The highest BCUT2D eigenvalue weighted by atomic mass is 16.5. The van der Waals surface area contributed by atoms with Crippen molar-refractivity contribution in [2.24, 2.45) is 0 Å². The van der Waals surface area contributed by atoms with Crippen molar-refractivity contribution in [3.05, 3.63) is 35.4 Å². The fraction of sp³-hybridized carbons (Fsp3) is 0.429. The normalized spacial score (nSPS) is 18.1. The van der Waals surface area contributed by atoms with Gasteiger partial charge in [-0.25, -0.2) is 0 Å². The second-order valence-electron chi connectivity index (χ2n) is 4.50. The summed E-state index contributed by atoms with van der Waals surface area (Å²) in [7, 11) is 1.60. The number of nitrogens with one attached hydrogen (secondary N) is 2. The van der Waals surface area contributed by atoms with Crippen LogP contribution < -0.4 is 10.6 Å². The molecule has 0 aromatic heterocycles. The molecule has 1 aromatic rings. The van der Waals surface area contributed by atoms with Crippen molar-refractivity contribution in [1.29, 1.82) is 0 Å². The second kappa shape index (κ2) is 6.33. The molecule has 2 N–H and O–H groups in total. The summed E-state index contributed by atoms with van der Waals surface area (Å²) >= 11 is 0. The molecule has 19 heavy (non-hydrogen) atoms. The van der Waals surface area contributed by atoms with Crippen LogP contribution in [0.15, 0.2) is 24.3 Å². The van der Waals surface area contributed by atoms with Gasteiger partial charge >= 0.3 is 0 Å². The van der Waals surface area contributed by atoms with Crippen molar-refractivity contribution in [3.63, 3.8) is 0 Å². The lowest BCUT2D eigenvalue weighted by Gasteiger charge is -2.10. The molecule has 0 radical (unpaired) electrons. The molecular weight excluding hydrogens is 244 g/mol. The fourth-order valence-corrected chi connectivity index (χ4v) is 2.01. The molecule has 1 heterocycles. The number of rotatable bonds is 4. The number of carbonyl (C=O) groups excluding carboxylic acids is 2. The van der Waals surface area contributed by atoms with Gasteiger partial charge in [-0.15, -0.1) is 0 Å². The van der Waals surface area contributed by atoms with Crippen molar-refractivity contribution in [2.45, 2.75) is 25.5 Å². The Kier molecular flexibility index (Phi) is 4.52. The number of hydrogen-bond donors (Lipinski definition) is 2. The minimum atomic E-state index is -0.301. The van der Waals surface area contributed by atoms with Crippen LogP contribution in [0, 0.1) is 0 Å². The summed E-state index contributed by atoms with van der Waals surface area (Å²) in [6.45, 7) is 1.12. The first kappa shape index (κ1) is 13.5. The molecule has 0 aliphatic carbocycles. The lowest BCUT2D eigenvalue weighted by atomic mass is 10.1. The van der Waals surface area contributed by atoms with E-state index in [1.165, 1.54) is 0 Å². The third-order valence-corrected chi connectivity index (χ3v) is 3.13. The zero-order valence-corrected chi connectivity index (χ0v) is 10.9. The molecule has 1 aliphatic rings. The van der Waals surface area contributed by atoms with E-state index in [1.54, 1.807) is 19.2 Å². The molecule has 0 bridgehead atoms. The zero-order valence-electron chi connectivity index (χ0n) is 10.9. The smallest absolute Gasteiger partial charge is 0.251 e. The number of amides is 2. The predicted octanol–water partition coefficient (Wildman–Crippen LogP) is 0.841. The van der Waals surface area contributed by atoms with Crippen molar-refractivity contribution in [1.82, 2.24) is 10.6 Å². The second-order valence-corrected chi connectivity index (χ2v) is 4.50. The number of carbonyl (C=O) groups is 2. The molecule has 5 nitrogen and oxygen atoms in total. The summed E-state index contributed by atoms with van der Waals surface area (Å²) in [4.78, 5) is 23.1. The zero-order chi connectivity index (χ0) is 13.7. The van der Waals surface area contributed by atoms with E-state index >= 15 is 0 Å². The van der Waals surface area contributed by atoms with Crippen molar-refractivity contribution in [2.75, 3.05) is 13.7 Å². The van der Waals surface area contributed by atoms with Crippen LogP contribution in [-0.2, 0) is 16.1 Å². The highest BCUT2D eigenvalue weighted by molar-refractivity contribution is 5.93. The van der Waals surface area contributed by atoms with Crippen LogP contribution in [0.25, 0.3) is 0 Å². The summed E-state index contributed by atoms with van der Waals surface area (Å²) < 4.78 is 5.30. The molecule has 0 spiro atoms. The van der Waals surface area contributed by atoms with Gasteiger partial charge in [0.2, 0.25) is 5.91 Å². The van der Waals surface area contributed by atoms with E-state index in [4.69, 9.17) is 4.74 Å². The van der Waals surface area contributed by atoms with Crippen molar-refractivity contribution >= 4 is 11.8 Å². The summed E-state index contributed by atoms with van der Waals surface area (Å²) in [6, 6.07) is 7.15. The fourth-order valence-electron chi connectivity index (χ4n) is 2.01. The molecule has 2 amide bonds. The van der Waals surface area contributed by atoms with Crippen LogP contribution in [0.2, 0.25) is 0 Å². The standard InChI is InChI=1S/C14H18N2O3/c1-15-13(17)11-6-4-10(5-7-11)9-16-14(18)12-3-2-8-19-12/h4-7,12H,2-3,8-9H2,1H3,(H,15,17)(H,16,18). The van der Waals surface area contributed by atoms with Gasteiger partial charge in [-0.3, -0.25) is 9.59 Å². The number of hydrogen-bond acceptors (Lipinski definition) is 3. The first-order valence-corrected chi connectivity index (χ1v) is 6.41. The molecule has 102 valence electrons. The van der Waals surface area contributed by atoms with Gasteiger partial charge in [0.1, 0.15) is 6.10 Å². The quantitative estimate of drug-likeness (QED) is 0.845. The van der Waals surface area contributed by atoms with E-state index in [2.05, 4.69) is 10.6 Å². The van der Waals surface area contributed by atoms with Gasteiger partial charge in [0, 0.05) is 25.8 Å². The number of ether oxygens (including phenoxy) is 1. The third-order valence-electron chi connectivity index (χ3n) is 3.13. The first-order valence-electron chi connectivity index (χ1n) is 6.41. The van der Waals surface area contributed by atoms with Gasteiger partial charge in [-0.05, 0) is 30.5 Å². The van der Waals surface area contributed by atoms with Crippen LogP contribution in [-0.4, -0.2) is 31.6 Å². The minimum Gasteiger partial charge on any atom is -0.368 e. The maximum atomic E-state index is 11.7. The summed E-state index contributed by atoms with van der Waals surface area (Å²) in [5.74, 6) is -0.178. The Morgan fingerprint density at radius 3 is 2.63 bits per heavy atom. The minimum absolute atomic E-state index is 0.0622. The maximum Gasteiger partial charge on any atom is 0.251 e. The van der Waals surface area contributed by atoms with Crippen molar-refractivity contribution < 1.29 is 14.3 Å². The van der Waals surface area contributed by atoms with Gasteiger partial charge in [-0.1, -0.05) is 12.1 Å². The summed E-state index contributed by atoms with van der Waals surface area (Å²) in [5, 5.41) is 5.40. The average molecular weight is 262 g/mol. The molecular formula is C14H18N2O3. The van der Waals surface area contributed by atoms with E-state index in [1.807, 2.05) is 12.1 Å². The predicted molar refractivity (Wildman–Crippen MR) is 70.7 cm³/mol. The lowest BCUT2D eigenvalue weighted by Crippen LogP contribution is -2.33. The Morgan fingerprint density at radius 2 is 2.05 bits per heavy atom. The summed E-state index contributed by atoms with van der Waals surface area (Å²) in [5.41, 5.74) is 1.57. The first-order chi connectivity index (χ1) is 9.20. The van der Waals surface area contributed by atoms with Gasteiger partial charge in [0.15, 0.2) is 0 Å². The van der Waals surface area contributed by atoms with Gasteiger partial charge in [-0.2, -0.15) is 0 Å². The molecule has 1 atom stereocenters. The molecule has 2 rings (SSSR count). The third kappa shape index (κ3) is 3.54.